The van der Waals surface area contributed by atoms with E-state index in [1.54, 1.807) is 11.9 Å². The predicted octanol–water partition coefficient (Wildman–Crippen LogP) is 1.40. The Bertz CT molecular complexity index is 484. The molecule has 1 saturated heterocycles. The van der Waals surface area contributed by atoms with Crippen molar-refractivity contribution in [2.45, 2.75) is 25.9 Å². The number of nitrogens with zero attached hydrogens (tertiary/aromatic N) is 2. The maximum Gasteiger partial charge on any atom is 0.253 e. The molecule has 0 saturated carbocycles. The van der Waals surface area contributed by atoms with Crippen molar-refractivity contribution in [2.24, 2.45) is 0 Å². The van der Waals surface area contributed by atoms with Gasteiger partial charge in [0.05, 0.1) is 19.3 Å². The minimum atomic E-state index is -0.540. The molecule has 5 heteroatoms. The van der Waals surface area contributed by atoms with Crippen LogP contribution in [0.1, 0.15) is 29.3 Å². The first-order valence-corrected chi connectivity index (χ1v) is 8.42. The lowest BCUT2D eigenvalue weighted by atomic mass is 10.1. The Morgan fingerprint density at radius 1 is 1.30 bits per heavy atom. The summed E-state index contributed by atoms with van der Waals surface area (Å²) in [7, 11) is 1.74. The highest BCUT2D eigenvalue weighted by Gasteiger charge is 2.19. The van der Waals surface area contributed by atoms with Crippen molar-refractivity contribution in [2.75, 3.05) is 46.4 Å². The fourth-order valence-corrected chi connectivity index (χ4v) is 2.86. The van der Waals surface area contributed by atoms with E-state index in [4.69, 9.17) is 4.74 Å². The zero-order chi connectivity index (χ0) is 16.7. The quantitative estimate of drug-likeness (QED) is 0.825. The molecule has 1 fully saturated rings. The van der Waals surface area contributed by atoms with Gasteiger partial charge >= 0.3 is 0 Å². The second kappa shape index (κ2) is 9.01. The molecule has 0 spiro atoms. The average molecular weight is 320 g/mol. The summed E-state index contributed by atoms with van der Waals surface area (Å²) in [5, 5.41) is 10.2. The van der Waals surface area contributed by atoms with Crippen LogP contribution in [0.25, 0.3) is 0 Å². The number of amides is 1. The Labute approximate surface area is 138 Å². The highest BCUT2D eigenvalue weighted by Crippen LogP contribution is 2.09. The van der Waals surface area contributed by atoms with Gasteiger partial charge < -0.3 is 14.7 Å². The molecule has 1 heterocycles. The van der Waals surface area contributed by atoms with E-state index < -0.39 is 6.10 Å². The van der Waals surface area contributed by atoms with Gasteiger partial charge in [0, 0.05) is 38.8 Å². The van der Waals surface area contributed by atoms with Crippen molar-refractivity contribution >= 4 is 5.91 Å². The molecule has 0 radical (unpaired) electrons. The normalized spacial score (nSPS) is 17.0. The lowest BCUT2D eigenvalue weighted by Gasteiger charge is -2.30. The van der Waals surface area contributed by atoms with Crippen molar-refractivity contribution in [3.05, 3.63) is 35.4 Å². The van der Waals surface area contributed by atoms with Gasteiger partial charge in [-0.2, -0.15) is 0 Å². The minimum Gasteiger partial charge on any atom is -0.390 e. The number of hydrogen-bond acceptors (Lipinski definition) is 4. The van der Waals surface area contributed by atoms with Gasteiger partial charge in [-0.3, -0.25) is 9.69 Å². The number of ether oxygens (including phenoxy) is 1. The van der Waals surface area contributed by atoms with Gasteiger partial charge in [0.25, 0.3) is 5.91 Å². The third-order valence-corrected chi connectivity index (χ3v) is 4.14. The number of aliphatic hydroxyl groups is 1. The molecular weight excluding hydrogens is 292 g/mol. The van der Waals surface area contributed by atoms with Crippen LogP contribution in [0, 0.1) is 0 Å². The molecule has 1 aromatic carbocycles. The maximum absolute atomic E-state index is 12.4. The summed E-state index contributed by atoms with van der Waals surface area (Å²) in [6, 6.07) is 7.76. The second-order valence-corrected chi connectivity index (χ2v) is 6.20. The van der Waals surface area contributed by atoms with Crippen LogP contribution in [-0.4, -0.2) is 73.4 Å². The SMILES string of the molecule is CCCc1ccc(C(=O)N(C)CC(O)CN2CCOCC2)cc1. The molecule has 0 bridgehead atoms. The van der Waals surface area contributed by atoms with Gasteiger partial charge in [0.15, 0.2) is 0 Å². The molecular formula is C18H28N2O3. The summed E-state index contributed by atoms with van der Waals surface area (Å²) in [4.78, 5) is 16.2. The molecule has 23 heavy (non-hydrogen) atoms. The number of aliphatic hydroxyl groups excluding tert-OH is 1. The summed E-state index contributed by atoms with van der Waals surface area (Å²) in [6.45, 7) is 6.17. The van der Waals surface area contributed by atoms with E-state index in [0.29, 0.717) is 31.9 Å². The van der Waals surface area contributed by atoms with Crippen LogP contribution in [0.3, 0.4) is 0 Å². The van der Waals surface area contributed by atoms with Crippen LogP contribution in [0.4, 0.5) is 0 Å². The molecule has 1 atom stereocenters. The Morgan fingerprint density at radius 3 is 2.57 bits per heavy atom. The Hall–Kier alpha value is -1.43. The van der Waals surface area contributed by atoms with Crippen molar-refractivity contribution in [3.8, 4) is 0 Å². The van der Waals surface area contributed by atoms with Gasteiger partial charge in [0.1, 0.15) is 0 Å². The zero-order valence-corrected chi connectivity index (χ0v) is 14.2. The lowest BCUT2D eigenvalue weighted by molar-refractivity contribution is 0.00879. The molecule has 1 unspecified atom stereocenters. The van der Waals surface area contributed by atoms with Gasteiger partial charge in [-0.1, -0.05) is 25.5 Å². The van der Waals surface area contributed by atoms with E-state index in [1.807, 2.05) is 24.3 Å². The number of morpholine rings is 1. The highest BCUT2D eigenvalue weighted by molar-refractivity contribution is 5.94. The largest absolute Gasteiger partial charge is 0.390 e. The number of aryl methyl sites for hydroxylation is 1. The monoisotopic (exact) mass is 320 g/mol. The number of benzene rings is 1. The fourth-order valence-electron chi connectivity index (χ4n) is 2.86. The molecule has 0 aromatic heterocycles. The number of hydrogen-bond donors (Lipinski definition) is 1. The summed E-state index contributed by atoms with van der Waals surface area (Å²) < 4.78 is 5.30. The number of rotatable bonds is 7. The van der Waals surface area contributed by atoms with Crippen molar-refractivity contribution in [1.29, 1.82) is 0 Å². The number of likely N-dealkylation sites (N-methyl/N-ethyl adjacent to an activating group) is 1. The molecule has 1 aliphatic rings. The summed E-state index contributed by atoms with van der Waals surface area (Å²) >= 11 is 0. The standard InChI is InChI=1S/C18H28N2O3/c1-3-4-15-5-7-16(8-6-15)18(22)19(2)13-17(21)14-20-9-11-23-12-10-20/h5-8,17,21H,3-4,9-14H2,1-2H3. The van der Waals surface area contributed by atoms with Gasteiger partial charge in [-0.25, -0.2) is 0 Å². The molecule has 1 N–H and O–H groups in total. The molecule has 1 aromatic rings. The summed E-state index contributed by atoms with van der Waals surface area (Å²) in [5.41, 5.74) is 1.92. The lowest BCUT2D eigenvalue weighted by Crippen LogP contribution is -2.45. The predicted molar refractivity (Wildman–Crippen MR) is 90.7 cm³/mol. The van der Waals surface area contributed by atoms with Crippen LogP contribution in [0.2, 0.25) is 0 Å². The van der Waals surface area contributed by atoms with E-state index in [0.717, 1.165) is 25.9 Å². The highest BCUT2D eigenvalue weighted by atomic mass is 16.5. The third-order valence-electron chi connectivity index (χ3n) is 4.14. The first-order valence-electron chi connectivity index (χ1n) is 8.42. The topological polar surface area (TPSA) is 53.0 Å². The average Bonchev–Trinajstić information content (AvgIpc) is 2.56. The summed E-state index contributed by atoms with van der Waals surface area (Å²) in [5.74, 6) is -0.0472. The molecule has 128 valence electrons. The van der Waals surface area contributed by atoms with Crippen molar-refractivity contribution in [1.82, 2.24) is 9.80 Å². The molecule has 1 aliphatic heterocycles. The third kappa shape index (κ3) is 5.61. The smallest absolute Gasteiger partial charge is 0.253 e. The first kappa shape index (κ1) is 17.9. The van der Waals surface area contributed by atoms with Crippen LogP contribution in [-0.2, 0) is 11.2 Å². The van der Waals surface area contributed by atoms with Crippen molar-refractivity contribution < 1.29 is 14.6 Å². The number of carbonyl (C=O) groups is 1. The Morgan fingerprint density at radius 2 is 1.96 bits per heavy atom. The van der Waals surface area contributed by atoms with E-state index in [9.17, 15) is 9.90 Å². The fraction of sp³-hybridized carbons (Fsp3) is 0.611. The number of β-amino-alcohol motifs (C(OH)–C–C–N with tert-alkyl or cyclic N) is 1. The van der Waals surface area contributed by atoms with Crippen LogP contribution in [0.5, 0.6) is 0 Å². The van der Waals surface area contributed by atoms with Crippen LogP contribution < -0.4 is 0 Å². The van der Waals surface area contributed by atoms with Crippen LogP contribution in [0.15, 0.2) is 24.3 Å². The maximum atomic E-state index is 12.4. The minimum absolute atomic E-state index is 0.0472. The van der Waals surface area contributed by atoms with Gasteiger partial charge in [-0.05, 0) is 24.1 Å². The van der Waals surface area contributed by atoms with Gasteiger partial charge in [-0.15, -0.1) is 0 Å². The molecule has 2 rings (SSSR count). The van der Waals surface area contributed by atoms with E-state index in [-0.39, 0.29) is 5.91 Å². The summed E-state index contributed by atoms with van der Waals surface area (Å²) in [6.07, 6.45) is 1.59. The van der Waals surface area contributed by atoms with E-state index in [2.05, 4.69) is 11.8 Å². The zero-order valence-electron chi connectivity index (χ0n) is 14.2. The Kier molecular flexibility index (Phi) is 7.02. The van der Waals surface area contributed by atoms with Crippen molar-refractivity contribution in [3.63, 3.8) is 0 Å². The Balaban J connectivity index is 1.83. The van der Waals surface area contributed by atoms with E-state index in [1.165, 1.54) is 5.56 Å². The molecule has 5 nitrogen and oxygen atoms in total. The number of carbonyl (C=O) groups excluding carboxylic acids is 1. The molecule has 0 aliphatic carbocycles. The van der Waals surface area contributed by atoms with Gasteiger partial charge in [0.2, 0.25) is 0 Å². The first-order chi connectivity index (χ1) is 11.1. The second-order valence-electron chi connectivity index (χ2n) is 6.20. The van der Waals surface area contributed by atoms with E-state index >= 15 is 0 Å². The molecule has 1 amide bonds. The van der Waals surface area contributed by atoms with Crippen LogP contribution >= 0.6 is 0 Å².